The van der Waals surface area contributed by atoms with Gasteiger partial charge in [0.2, 0.25) is 0 Å². The Hall–Kier alpha value is -1.81. The van der Waals surface area contributed by atoms with Crippen LogP contribution < -0.4 is 10.4 Å². The van der Waals surface area contributed by atoms with Gasteiger partial charge in [0.1, 0.15) is 0 Å². The molecule has 1 aliphatic heterocycles. The Balaban J connectivity index is 1.30. The zero-order chi connectivity index (χ0) is 36.2. The highest BCUT2D eigenvalue weighted by molar-refractivity contribution is 6.99. The summed E-state index contributed by atoms with van der Waals surface area (Å²) in [4.78, 5) is 0. The van der Waals surface area contributed by atoms with Crippen molar-refractivity contribution in [2.24, 2.45) is 23.7 Å². The van der Waals surface area contributed by atoms with Crippen LogP contribution in [0.3, 0.4) is 0 Å². The van der Waals surface area contributed by atoms with E-state index in [1.807, 2.05) is 0 Å². The van der Waals surface area contributed by atoms with E-state index in [1.165, 1.54) is 34.1 Å². The average Bonchev–Trinajstić information content (AvgIpc) is 3.08. The Morgan fingerprint density at radius 2 is 1.34 bits per heavy atom. The van der Waals surface area contributed by atoms with Crippen molar-refractivity contribution < 1.29 is 18.3 Å². The van der Waals surface area contributed by atoms with E-state index in [0.717, 1.165) is 32.1 Å². The van der Waals surface area contributed by atoms with Crippen LogP contribution in [0, 0.1) is 23.7 Å². The first-order chi connectivity index (χ1) is 23.8. The van der Waals surface area contributed by atoms with E-state index in [9.17, 15) is 0 Å². The molecule has 3 aliphatic rings. The van der Waals surface area contributed by atoms with Crippen molar-refractivity contribution >= 4 is 27.0 Å². The summed E-state index contributed by atoms with van der Waals surface area (Å²) < 4.78 is 27.9. The van der Waals surface area contributed by atoms with Crippen molar-refractivity contribution in [1.29, 1.82) is 0 Å². The topological polar surface area (TPSA) is 36.9 Å². The van der Waals surface area contributed by atoms with Gasteiger partial charge in [0.25, 0.3) is 8.32 Å². The maximum Gasteiger partial charge on any atom is 0.261 e. The molecule has 0 aromatic heterocycles. The minimum Gasteiger partial charge on any atom is -0.413 e. The molecule has 50 heavy (non-hydrogen) atoms. The lowest BCUT2D eigenvalue weighted by molar-refractivity contribution is -0.302. The molecule has 0 saturated carbocycles. The lowest BCUT2D eigenvalue weighted by Gasteiger charge is -2.47. The number of allylic oxidation sites excluding steroid dienone is 3. The Kier molecular flexibility index (Phi) is 13.0. The lowest BCUT2D eigenvalue weighted by atomic mass is 9.65. The minimum atomic E-state index is -2.59. The molecule has 0 spiro atoms. The summed E-state index contributed by atoms with van der Waals surface area (Å²) in [7, 11) is -4.32. The molecule has 5 rings (SSSR count). The van der Waals surface area contributed by atoms with Crippen LogP contribution in [0.15, 0.2) is 84.5 Å². The summed E-state index contributed by atoms with van der Waals surface area (Å²) in [6.45, 7) is 23.8. The third kappa shape index (κ3) is 8.69. The van der Waals surface area contributed by atoms with E-state index in [-0.39, 0.29) is 17.2 Å². The zero-order valence-corrected chi connectivity index (χ0v) is 35.0. The summed E-state index contributed by atoms with van der Waals surface area (Å²) in [6.07, 6.45) is 13.1. The molecule has 1 saturated heterocycles. The van der Waals surface area contributed by atoms with Crippen LogP contribution in [0.1, 0.15) is 101 Å². The van der Waals surface area contributed by atoms with Crippen LogP contribution >= 0.6 is 0 Å². The molecule has 0 amide bonds. The molecule has 2 aliphatic carbocycles. The first-order valence-corrected chi connectivity index (χ1v) is 24.4. The second-order valence-corrected chi connectivity index (χ2v) is 26.2. The highest BCUT2D eigenvalue weighted by atomic mass is 28.4. The smallest absolute Gasteiger partial charge is 0.261 e. The third-order valence-electron chi connectivity index (χ3n) is 12.4. The SMILES string of the molecule is CC[Si](CC)(CC)O[C@H]1C[C@@H](C)C=C2C=C[C@H](C)[C@H](CC[C@H]3CC(CCO[Si](c4ccccc4)(c4ccccc4)C(C)(C)C)OC(C)(C)O3)[C@H]21. The predicted octanol–water partition coefficient (Wildman–Crippen LogP) is 10.4. The standard InChI is InChI=1S/C44H68O4Si2/c1-11-49(12-2,13-3)48-41-31-33(4)30-35-25-24-34(5)40(42(35)41)27-26-36-32-37(47-44(9,10)46-36)28-29-45-50(43(6,7)8,38-20-16-14-17-21-38)39-22-18-15-19-23-39/h14-25,30,33-34,36-37,40-42H,11-13,26-29,31-32H2,1-10H3/t33-,34-,36-,37?,40-,41-,42-/m0/s1. The number of ether oxygens (including phenoxy) is 2. The zero-order valence-electron chi connectivity index (χ0n) is 33.0. The molecule has 6 heteroatoms. The van der Waals surface area contributed by atoms with E-state index in [2.05, 4.69) is 148 Å². The van der Waals surface area contributed by atoms with Crippen molar-refractivity contribution in [3.63, 3.8) is 0 Å². The number of rotatable bonds is 14. The Labute approximate surface area is 307 Å². The number of hydrogen-bond acceptors (Lipinski definition) is 4. The molecule has 1 fully saturated rings. The summed E-state index contributed by atoms with van der Waals surface area (Å²) in [5.74, 6) is 1.52. The van der Waals surface area contributed by atoms with Crippen LogP contribution in [0.4, 0.5) is 0 Å². The highest BCUT2D eigenvalue weighted by Crippen LogP contribution is 2.47. The van der Waals surface area contributed by atoms with Crippen LogP contribution in [-0.4, -0.2) is 47.3 Å². The van der Waals surface area contributed by atoms with E-state index >= 15 is 0 Å². The molecule has 4 nitrogen and oxygen atoms in total. The first-order valence-electron chi connectivity index (χ1n) is 19.9. The molecule has 0 N–H and O–H groups in total. The third-order valence-corrected chi connectivity index (χ3v) is 22.1. The second kappa shape index (κ2) is 16.5. The normalized spacial score (nSPS) is 28.6. The van der Waals surface area contributed by atoms with Gasteiger partial charge in [-0.05, 0) is 96.4 Å². The van der Waals surface area contributed by atoms with Gasteiger partial charge in [-0.15, -0.1) is 0 Å². The summed E-state index contributed by atoms with van der Waals surface area (Å²) in [5.41, 5.74) is 1.52. The maximum atomic E-state index is 7.35. The number of hydrogen-bond donors (Lipinski definition) is 0. The monoisotopic (exact) mass is 716 g/mol. The molecule has 0 radical (unpaired) electrons. The van der Waals surface area contributed by atoms with E-state index in [4.69, 9.17) is 18.3 Å². The molecule has 2 aromatic carbocycles. The van der Waals surface area contributed by atoms with Gasteiger partial charge in [-0.3, -0.25) is 0 Å². The lowest BCUT2D eigenvalue weighted by Crippen LogP contribution is -2.66. The molecule has 0 bridgehead atoms. The van der Waals surface area contributed by atoms with Crippen molar-refractivity contribution in [2.45, 2.75) is 149 Å². The Bertz CT molecular complexity index is 1360. The van der Waals surface area contributed by atoms with Crippen LogP contribution in [0.25, 0.3) is 0 Å². The first kappa shape index (κ1) is 39.4. The van der Waals surface area contributed by atoms with Gasteiger partial charge in [-0.2, -0.15) is 0 Å². The van der Waals surface area contributed by atoms with E-state index in [1.54, 1.807) is 0 Å². The molecule has 1 unspecified atom stereocenters. The van der Waals surface area contributed by atoms with E-state index in [0.29, 0.717) is 36.4 Å². The van der Waals surface area contributed by atoms with E-state index < -0.39 is 22.4 Å². The number of benzene rings is 2. The summed E-state index contributed by atoms with van der Waals surface area (Å²) in [5, 5.41) is 2.60. The molecular formula is C44H68O4Si2. The maximum absolute atomic E-state index is 7.35. The van der Waals surface area contributed by atoms with Crippen molar-refractivity contribution in [3.05, 3.63) is 84.5 Å². The van der Waals surface area contributed by atoms with Gasteiger partial charge in [0, 0.05) is 18.9 Å². The largest absolute Gasteiger partial charge is 0.413 e. The van der Waals surface area contributed by atoms with Crippen molar-refractivity contribution in [3.8, 4) is 0 Å². The fraction of sp³-hybridized carbons (Fsp3) is 0.636. The highest BCUT2D eigenvalue weighted by Gasteiger charge is 2.50. The fourth-order valence-corrected chi connectivity index (χ4v) is 17.1. The van der Waals surface area contributed by atoms with Crippen molar-refractivity contribution in [2.75, 3.05) is 6.61 Å². The van der Waals surface area contributed by atoms with Crippen LogP contribution in [0.5, 0.6) is 0 Å². The van der Waals surface area contributed by atoms with Crippen LogP contribution in [0.2, 0.25) is 23.2 Å². The number of fused-ring (bicyclic) bond motifs is 1. The molecule has 7 atom stereocenters. The molecule has 2 aromatic rings. The quantitative estimate of drug-likeness (QED) is 0.182. The van der Waals surface area contributed by atoms with Crippen molar-refractivity contribution in [1.82, 2.24) is 0 Å². The fourth-order valence-electron chi connectivity index (χ4n) is 9.60. The molecule has 1 heterocycles. The summed E-state index contributed by atoms with van der Waals surface area (Å²) >= 11 is 0. The molecule has 276 valence electrons. The van der Waals surface area contributed by atoms with Gasteiger partial charge >= 0.3 is 0 Å². The predicted molar refractivity (Wildman–Crippen MR) is 215 cm³/mol. The van der Waals surface area contributed by atoms with Gasteiger partial charge in [0.05, 0.1) is 18.3 Å². The summed E-state index contributed by atoms with van der Waals surface area (Å²) in [6, 6.07) is 25.5. The van der Waals surface area contributed by atoms with Gasteiger partial charge < -0.3 is 18.3 Å². The molecular weight excluding hydrogens is 649 g/mol. The van der Waals surface area contributed by atoms with Crippen LogP contribution in [-0.2, 0) is 18.3 Å². The Morgan fingerprint density at radius 3 is 1.88 bits per heavy atom. The second-order valence-electron chi connectivity index (χ2n) is 17.2. The minimum absolute atomic E-state index is 0.0432. The average molecular weight is 717 g/mol. The Morgan fingerprint density at radius 1 is 0.780 bits per heavy atom. The van der Waals surface area contributed by atoms with Gasteiger partial charge in [0.15, 0.2) is 14.1 Å². The van der Waals surface area contributed by atoms with Gasteiger partial charge in [-0.25, -0.2) is 0 Å². The van der Waals surface area contributed by atoms with Gasteiger partial charge in [-0.1, -0.05) is 134 Å².